The summed E-state index contributed by atoms with van der Waals surface area (Å²) in [6, 6.07) is 4.09. The van der Waals surface area contributed by atoms with Gasteiger partial charge in [0, 0.05) is 13.5 Å². The van der Waals surface area contributed by atoms with Gasteiger partial charge in [-0.3, -0.25) is 14.3 Å². The third kappa shape index (κ3) is 4.81. The molecule has 0 aliphatic carbocycles. The second kappa shape index (κ2) is 8.96. The molecule has 3 aromatic rings. The highest BCUT2D eigenvalue weighted by molar-refractivity contribution is 7.89. The lowest BCUT2D eigenvalue weighted by Gasteiger charge is -2.12. The molecule has 0 saturated heterocycles. The molecule has 3 rings (SSSR count). The van der Waals surface area contributed by atoms with Crippen LogP contribution in [0.5, 0.6) is 0 Å². The molecule has 2 heterocycles. The fourth-order valence-electron chi connectivity index (χ4n) is 3.18. The van der Waals surface area contributed by atoms with Gasteiger partial charge in [0.25, 0.3) is 5.56 Å². The lowest BCUT2D eigenvalue weighted by Crippen LogP contribution is -2.43. The van der Waals surface area contributed by atoms with Gasteiger partial charge < -0.3 is 15.2 Å². The van der Waals surface area contributed by atoms with E-state index in [2.05, 4.69) is 15.1 Å². The van der Waals surface area contributed by atoms with E-state index in [-0.39, 0.29) is 16.9 Å². The summed E-state index contributed by atoms with van der Waals surface area (Å²) in [4.78, 5) is 30.6. The summed E-state index contributed by atoms with van der Waals surface area (Å²) in [5.41, 5.74) is 2.09. The number of nitrogens with one attached hydrogen (secondary N) is 2. The van der Waals surface area contributed by atoms with Gasteiger partial charge in [-0.25, -0.2) is 13.4 Å². The quantitative estimate of drug-likeness (QED) is 0.352. The first-order valence-electron chi connectivity index (χ1n) is 9.56. The molecule has 0 fully saturated rings. The van der Waals surface area contributed by atoms with Crippen LogP contribution in [-0.2, 0) is 34.7 Å². The summed E-state index contributed by atoms with van der Waals surface area (Å²) >= 11 is 0. The fraction of sp³-hybridized carbons (Fsp3) is 0.368. The average Bonchev–Trinajstić information content (AvgIpc) is 3.02. The number of sulfonamides is 1. The zero-order valence-electron chi connectivity index (χ0n) is 17.0. The number of rotatable bonds is 9. The van der Waals surface area contributed by atoms with Crippen molar-refractivity contribution in [2.45, 2.75) is 37.1 Å². The topological polar surface area (TPSA) is 167 Å². The van der Waals surface area contributed by atoms with Crippen LogP contribution in [-0.4, -0.2) is 57.0 Å². The Bertz CT molecular complexity index is 1260. The molecule has 0 radical (unpaired) electrons. The van der Waals surface area contributed by atoms with Crippen molar-refractivity contribution < 1.29 is 23.4 Å². The fourth-order valence-corrected chi connectivity index (χ4v) is 4.36. The van der Waals surface area contributed by atoms with Crippen LogP contribution in [0.2, 0.25) is 0 Å². The monoisotopic (exact) mass is 449 g/mol. The molecule has 166 valence electrons. The Balaban J connectivity index is 1.86. The normalized spacial score (nSPS) is 12.9. The Hall–Kier alpha value is -3.09. The minimum atomic E-state index is -4.13. The van der Waals surface area contributed by atoms with E-state index in [0.717, 1.165) is 12.1 Å². The van der Waals surface area contributed by atoms with E-state index in [1.54, 1.807) is 19.2 Å². The Labute approximate surface area is 177 Å². The molecule has 1 aromatic carbocycles. The van der Waals surface area contributed by atoms with Gasteiger partial charge in [0.05, 0.1) is 17.2 Å². The molecule has 0 spiro atoms. The average molecular weight is 449 g/mol. The molecule has 12 heteroatoms. The number of aryl methyl sites for hydroxylation is 2. The van der Waals surface area contributed by atoms with Crippen LogP contribution < -0.4 is 10.3 Å². The molecule has 0 aliphatic rings. The van der Waals surface area contributed by atoms with Gasteiger partial charge >= 0.3 is 5.97 Å². The van der Waals surface area contributed by atoms with Crippen LogP contribution in [0, 0.1) is 0 Å². The lowest BCUT2D eigenvalue weighted by atomic mass is 10.1. The molecule has 31 heavy (non-hydrogen) atoms. The van der Waals surface area contributed by atoms with Crippen molar-refractivity contribution in [3.63, 3.8) is 0 Å². The molecule has 4 N–H and O–H groups in total. The smallest absolute Gasteiger partial charge is 0.324 e. The molecule has 0 aliphatic heterocycles. The van der Waals surface area contributed by atoms with Crippen molar-refractivity contribution in [3.05, 3.63) is 51.7 Å². The van der Waals surface area contributed by atoms with Crippen LogP contribution in [0.4, 0.5) is 0 Å². The number of H-pyrrole nitrogens is 1. The van der Waals surface area contributed by atoms with E-state index < -0.39 is 28.6 Å². The minimum Gasteiger partial charge on any atom is -0.480 e. The van der Waals surface area contributed by atoms with Crippen molar-refractivity contribution in [2.24, 2.45) is 7.05 Å². The van der Waals surface area contributed by atoms with Crippen LogP contribution in [0.1, 0.15) is 30.4 Å². The number of aliphatic hydroxyl groups excluding tert-OH is 1. The number of aliphatic hydroxyl groups is 1. The predicted octanol–water partition coefficient (Wildman–Crippen LogP) is -0.0763. The maximum absolute atomic E-state index is 12.5. The van der Waals surface area contributed by atoms with Crippen LogP contribution >= 0.6 is 0 Å². The van der Waals surface area contributed by atoms with Crippen molar-refractivity contribution in [1.82, 2.24) is 24.5 Å². The van der Waals surface area contributed by atoms with Crippen molar-refractivity contribution in [3.8, 4) is 0 Å². The van der Waals surface area contributed by atoms with Crippen molar-refractivity contribution in [1.29, 1.82) is 0 Å². The van der Waals surface area contributed by atoms with Gasteiger partial charge in [0.1, 0.15) is 17.4 Å². The number of hydrogen-bond donors (Lipinski definition) is 4. The largest absolute Gasteiger partial charge is 0.480 e. The molecular weight excluding hydrogens is 426 g/mol. The first-order chi connectivity index (χ1) is 14.7. The molecular formula is C19H23N5O6S. The zero-order chi connectivity index (χ0) is 22.8. The second-order valence-corrected chi connectivity index (χ2v) is 8.76. The van der Waals surface area contributed by atoms with E-state index in [0.29, 0.717) is 28.8 Å². The maximum Gasteiger partial charge on any atom is 0.324 e. The number of aromatic nitrogens is 4. The van der Waals surface area contributed by atoms with Gasteiger partial charge in [-0.2, -0.15) is 9.82 Å². The molecule has 1 atom stereocenters. The highest BCUT2D eigenvalue weighted by atomic mass is 32.2. The number of carboxylic acid groups (broad SMARTS) is 1. The summed E-state index contributed by atoms with van der Waals surface area (Å²) in [7, 11) is -2.43. The zero-order valence-corrected chi connectivity index (χ0v) is 17.8. The molecule has 0 amide bonds. The van der Waals surface area contributed by atoms with E-state index in [4.69, 9.17) is 10.2 Å². The van der Waals surface area contributed by atoms with E-state index in [1.165, 1.54) is 16.8 Å². The Morgan fingerprint density at radius 2 is 1.97 bits per heavy atom. The van der Waals surface area contributed by atoms with Gasteiger partial charge in [0.2, 0.25) is 10.0 Å². The number of nitrogens with zero attached hydrogens (tertiary/aromatic N) is 3. The number of aliphatic carboxylic acids is 1. The lowest BCUT2D eigenvalue weighted by molar-refractivity contribution is -0.139. The summed E-state index contributed by atoms with van der Waals surface area (Å²) in [6.45, 7) is 1.14. The number of benzene rings is 1. The first-order valence-corrected chi connectivity index (χ1v) is 11.0. The molecule has 0 bridgehead atoms. The number of carbonyl (C=O) groups is 1. The molecule has 0 unspecified atom stereocenters. The van der Waals surface area contributed by atoms with Gasteiger partial charge in [-0.15, -0.1) is 0 Å². The second-order valence-electron chi connectivity index (χ2n) is 7.05. The van der Waals surface area contributed by atoms with E-state index in [9.17, 15) is 18.0 Å². The Morgan fingerprint density at radius 1 is 1.29 bits per heavy atom. The van der Waals surface area contributed by atoms with E-state index >= 15 is 0 Å². The van der Waals surface area contributed by atoms with Crippen LogP contribution in [0.25, 0.3) is 11.0 Å². The highest BCUT2D eigenvalue weighted by Crippen LogP contribution is 2.16. The van der Waals surface area contributed by atoms with Crippen molar-refractivity contribution >= 4 is 27.0 Å². The maximum atomic E-state index is 12.5. The molecule has 2 aromatic heterocycles. The number of hydrogen-bond acceptors (Lipinski definition) is 7. The number of aromatic amines is 1. The summed E-state index contributed by atoms with van der Waals surface area (Å²) < 4.78 is 28.1. The van der Waals surface area contributed by atoms with Crippen LogP contribution in [0.15, 0.2) is 34.0 Å². The van der Waals surface area contributed by atoms with Gasteiger partial charge in [-0.05, 0) is 24.1 Å². The summed E-state index contributed by atoms with van der Waals surface area (Å²) in [5, 5.41) is 22.3. The van der Waals surface area contributed by atoms with Gasteiger partial charge in [0.15, 0.2) is 5.52 Å². The SMILES string of the molecule is CCCc1nn(C)c2c(=O)[nH]c(Cc3ccc(S(=O)(=O)N[C@@H](CO)C(=O)O)cc3)nc12. The van der Waals surface area contributed by atoms with Crippen LogP contribution in [0.3, 0.4) is 0 Å². The predicted molar refractivity (Wildman–Crippen MR) is 111 cm³/mol. The minimum absolute atomic E-state index is 0.148. The molecule has 0 saturated carbocycles. The number of carboxylic acids is 1. The Kier molecular flexibility index (Phi) is 6.53. The van der Waals surface area contributed by atoms with Crippen molar-refractivity contribution in [2.75, 3.05) is 6.61 Å². The summed E-state index contributed by atoms with van der Waals surface area (Å²) in [6.07, 6.45) is 1.81. The van der Waals surface area contributed by atoms with E-state index in [1.807, 2.05) is 11.6 Å². The Morgan fingerprint density at radius 3 is 2.55 bits per heavy atom. The summed E-state index contributed by atoms with van der Waals surface area (Å²) in [5.74, 6) is -1.06. The third-order valence-electron chi connectivity index (χ3n) is 4.68. The third-order valence-corrected chi connectivity index (χ3v) is 6.17. The highest BCUT2D eigenvalue weighted by Gasteiger charge is 2.24. The first kappa shape index (κ1) is 22.6. The standard InChI is InChI=1S/C19H23N5O6S/c1-3-4-13-16-17(24(2)22-13)18(26)21-15(20-16)9-11-5-7-12(8-6-11)31(29,30)23-14(10-25)19(27)28/h5-8,14,23,25H,3-4,9-10H2,1-2H3,(H,27,28)(H,20,21,26)/t14-/m0/s1. The van der Waals surface area contributed by atoms with Gasteiger partial charge in [-0.1, -0.05) is 25.5 Å². The molecule has 11 nitrogen and oxygen atoms in total. The number of fused-ring (bicyclic) bond motifs is 1.